The first kappa shape index (κ1) is 23.6. The van der Waals surface area contributed by atoms with Gasteiger partial charge in [-0.25, -0.2) is 9.37 Å². The van der Waals surface area contributed by atoms with Crippen molar-refractivity contribution in [1.82, 2.24) is 10.3 Å². The SMILES string of the molecule is CC(C)(NC(=O)CC1CCCC1)C(=O)Nc1nc(-c2ccc(F)cc2)c(N2CCOCC2)s1. The molecule has 2 fully saturated rings. The van der Waals surface area contributed by atoms with E-state index in [0.717, 1.165) is 23.4 Å². The molecule has 1 aromatic heterocycles. The molecular formula is C24H31FN4O3S. The molecular weight excluding hydrogens is 443 g/mol. The molecule has 1 saturated heterocycles. The second kappa shape index (κ2) is 10.2. The van der Waals surface area contributed by atoms with E-state index in [4.69, 9.17) is 4.74 Å². The lowest BCUT2D eigenvalue weighted by Gasteiger charge is -2.28. The lowest BCUT2D eigenvalue weighted by atomic mass is 10.0. The van der Waals surface area contributed by atoms with Crippen LogP contribution in [0, 0.1) is 11.7 Å². The van der Waals surface area contributed by atoms with Crippen LogP contribution in [0.1, 0.15) is 46.0 Å². The number of nitrogens with zero attached hydrogens (tertiary/aromatic N) is 2. The topological polar surface area (TPSA) is 83.6 Å². The average molecular weight is 475 g/mol. The van der Waals surface area contributed by atoms with E-state index < -0.39 is 5.54 Å². The highest BCUT2D eigenvalue weighted by atomic mass is 32.1. The Balaban J connectivity index is 1.49. The van der Waals surface area contributed by atoms with Gasteiger partial charge in [0.1, 0.15) is 22.1 Å². The fraction of sp³-hybridized carbons (Fsp3) is 0.542. The van der Waals surface area contributed by atoms with Crippen LogP contribution in [0.15, 0.2) is 24.3 Å². The van der Waals surface area contributed by atoms with Crippen LogP contribution in [-0.4, -0.2) is 48.6 Å². The van der Waals surface area contributed by atoms with Gasteiger partial charge in [0.15, 0.2) is 5.13 Å². The van der Waals surface area contributed by atoms with Gasteiger partial charge in [0, 0.05) is 25.1 Å². The average Bonchev–Trinajstić information content (AvgIpc) is 3.44. The molecule has 0 radical (unpaired) electrons. The van der Waals surface area contributed by atoms with Gasteiger partial charge in [0.2, 0.25) is 5.91 Å². The van der Waals surface area contributed by atoms with E-state index >= 15 is 0 Å². The third-order valence-electron chi connectivity index (χ3n) is 6.21. The molecule has 0 unspecified atom stereocenters. The van der Waals surface area contributed by atoms with E-state index in [1.165, 1.54) is 36.3 Å². The van der Waals surface area contributed by atoms with Gasteiger partial charge >= 0.3 is 0 Å². The van der Waals surface area contributed by atoms with Crippen molar-refractivity contribution in [3.05, 3.63) is 30.1 Å². The number of thiazole rings is 1. The molecule has 2 N–H and O–H groups in total. The number of amides is 2. The van der Waals surface area contributed by atoms with Crippen LogP contribution in [0.5, 0.6) is 0 Å². The van der Waals surface area contributed by atoms with Crippen molar-refractivity contribution in [3.63, 3.8) is 0 Å². The van der Waals surface area contributed by atoms with E-state index in [1.54, 1.807) is 26.0 Å². The highest BCUT2D eigenvalue weighted by Crippen LogP contribution is 2.39. The molecule has 33 heavy (non-hydrogen) atoms. The van der Waals surface area contributed by atoms with Crippen LogP contribution in [0.4, 0.5) is 14.5 Å². The molecule has 0 atom stereocenters. The summed E-state index contributed by atoms with van der Waals surface area (Å²) in [5, 5.41) is 7.12. The summed E-state index contributed by atoms with van der Waals surface area (Å²) in [5.74, 6) is -0.319. The van der Waals surface area contributed by atoms with Crippen LogP contribution >= 0.6 is 11.3 Å². The molecule has 1 aliphatic carbocycles. The van der Waals surface area contributed by atoms with Crippen LogP contribution in [0.25, 0.3) is 11.3 Å². The first-order valence-corrected chi connectivity index (χ1v) is 12.4. The Bertz CT molecular complexity index is 980. The number of carbonyl (C=O) groups is 2. The van der Waals surface area contributed by atoms with E-state index in [2.05, 4.69) is 20.5 Å². The summed E-state index contributed by atoms with van der Waals surface area (Å²) in [5.41, 5.74) is 0.398. The molecule has 2 amide bonds. The Hall–Kier alpha value is -2.52. The van der Waals surface area contributed by atoms with Crippen molar-refractivity contribution in [2.24, 2.45) is 5.92 Å². The van der Waals surface area contributed by atoms with Crippen molar-refractivity contribution < 1.29 is 18.7 Å². The third-order valence-corrected chi connectivity index (χ3v) is 7.25. The number of hydrogen-bond acceptors (Lipinski definition) is 6. The van der Waals surface area contributed by atoms with Gasteiger partial charge < -0.3 is 15.0 Å². The van der Waals surface area contributed by atoms with Crippen LogP contribution < -0.4 is 15.5 Å². The minimum atomic E-state index is -1.07. The van der Waals surface area contributed by atoms with E-state index in [-0.39, 0.29) is 17.6 Å². The number of anilines is 2. The van der Waals surface area contributed by atoms with Gasteiger partial charge in [0.05, 0.1) is 13.2 Å². The standard InChI is InChI=1S/C24H31FN4O3S/c1-24(2,28-19(30)15-16-5-3-4-6-16)22(31)27-23-26-20(17-7-9-18(25)10-8-17)21(33-23)29-11-13-32-14-12-29/h7-10,16H,3-6,11-15H2,1-2H3,(H,28,30)(H,26,27,31). The van der Waals surface area contributed by atoms with Crippen molar-refractivity contribution in [2.75, 3.05) is 36.5 Å². The number of carbonyl (C=O) groups excluding carboxylic acids is 2. The third kappa shape index (κ3) is 5.89. The summed E-state index contributed by atoms with van der Waals surface area (Å²) in [7, 11) is 0. The molecule has 0 bridgehead atoms. The monoisotopic (exact) mass is 474 g/mol. The summed E-state index contributed by atoms with van der Waals surface area (Å²) >= 11 is 1.38. The Labute approximate surface area is 197 Å². The molecule has 2 aliphatic rings. The van der Waals surface area contributed by atoms with Gasteiger partial charge in [-0.2, -0.15) is 0 Å². The number of aromatic nitrogens is 1. The smallest absolute Gasteiger partial charge is 0.251 e. The fourth-order valence-electron chi connectivity index (χ4n) is 4.33. The summed E-state index contributed by atoms with van der Waals surface area (Å²) in [6.45, 7) is 6.06. The molecule has 2 aromatic rings. The number of halogens is 1. The van der Waals surface area contributed by atoms with Crippen LogP contribution in [0.3, 0.4) is 0 Å². The predicted octanol–water partition coefficient (Wildman–Crippen LogP) is 4.20. The van der Waals surface area contributed by atoms with E-state index in [1.807, 2.05) is 0 Å². The number of nitrogens with one attached hydrogen (secondary N) is 2. The zero-order chi connectivity index (χ0) is 23.4. The molecule has 1 aliphatic heterocycles. The molecule has 4 rings (SSSR count). The van der Waals surface area contributed by atoms with Crippen molar-refractivity contribution in [3.8, 4) is 11.3 Å². The fourth-order valence-corrected chi connectivity index (χ4v) is 5.36. The maximum absolute atomic E-state index is 13.5. The summed E-state index contributed by atoms with van der Waals surface area (Å²) in [4.78, 5) is 32.4. The largest absolute Gasteiger partial charge is 0.378 e. The van der Waals surface area contributed by atoms with Crippen LogP contribution in [0.2, 0.25) is 0 Å². The minimum Gasteiger partial charge on any atom is -0.378 e. The normalized spacial score (nSPS) is 17.2. The molecule has 1 aromatic carbocycles. The Morgan fingerprint density at radius 1 is 1.18 bits per heavy atom. The molecule has 9 heteroatoms. The summed E-state index contributed by atoms with van der Waals surface area (Å²) < 4.78 is 18.9. The van der Waals surface area contributed by atoms with Crippen molar-refractivity contribution in [1.29, 1.82) is 0 Å². The second-order valence-electron chi connectivity index (χ2n) is 9.26. The predicted molar refractivity (Wildman–Crippen MR) is 128 cm³/mol. The van der Waals surface area contributed by atoms with Crippen molar-refractivity contribution >= 4 is 33.3 Å². The summed E-state index contributed by atoms with van der Waals surface area (Å²) in [6.07, 6.45) is 4.97. The first-order valence-electron chi connectivity index (χ1n) is 11.5. The zero-order valence-electron chi connectivity index (χ0n) is 19.2. The van der Waals surface area contributed by atoms with Gasteiger partial charge in [0.25, 0.3) is 5.91 Å². The first-order chi connectivity index (χ1) is 15.8. The summed E-state index contributed by atoms with van der Waals surface area (Å²) in [6, 6.07) is 6.18. The maximum Gasteiger partial charge on any atom is 0.251 e. The number of ether oxygens (including phenoxy) is 1. The highest BCUT2D eigenvalue weighted by molar-refractivity contribution is 7.20. The van der Waals surface area contributed by atoms with Crippen molar-refractivity contribution in [2.45, 2.75) is 51.5 Å². The lowest BCUT2D eigenvalue weighted by Crippen LogP contribution is -2.52. The second-order valence-corrected chi connectivity index (χ2v) is 10.2. The maximum atomic E-state index is 13.5. The molecule has 2 heterocycles. The Morgan fingerprint density at radius 2 is 1.85 bits per heavy atom. The Kier molecular flexibility index (Phi) is 7.29. The number of benzene rings is 1. The lowest BCUT2D eigenvalue weighted by molar-refractivity contribution is -0.129. The molecule has 7 nitrogen and oxygen atoms in total. The number of rotatable bonds is 7. The molecule has 178 valence electrons. The quantitative estimate of drug-likeness (QED) is 0.628. The van der Waals surface area contributed by atoms with Gasteiger partial charge in [-0.1, -0.05) is 24.2 Å². The van der Waals surface area contributed by atoms with E-state index in [9.17, 15) is 14.0 Å². The van der Waals surface area contributed by atoms with Crippen LogP contribution in [-0.2, 0) is 14.3 Å². The van der Waals surface area contributed by atoms with Gasteiger partial charge in [-0.05, 0) is 56.9 Å². The molecule has 0 spiro atoms. The highest BCUT2D eigenvalue weighted by Gasteiger charge is 2.32. The zero-order valence-corrected chi connectivity index (χ0v) is 20.0. The number of morpholine rings is 1. The number of hydrogen-bond donors (Lipinski definition) is 2. The minimum absolute atomic E-state index is 0.0952. The molecule has 1 saturated carbocycles. The van der Waals surface area contributed by atoms with E-state index in [0.29, 0.717) is 49.5 Å². The Morgan fingerprint density at radius 3 is 2.52 bits per heavy atom. The van der Waals surface area contributed by atoms with Gasteiger partial charge in [-0.3, -0.25) is 14.9 Å². The van der Waals surface area contributed by atoms with Gasteiger partial charge in [-0.15, -0.1) is 0 Å².